The molecule has 3 unspecified atom stereocenters. The summed E-state index contributed by atoms with van der Waals surface area (Å²) in [6.07, 6.45) is 4.18. The molecule has 2 aliphatic rings. The Morgan fingerprint density at radius 2 is 1.94 bits per heavy atom. The van der Waals surface area contributed by atoms with Crippen LogP contribution in [-0.2, 0) is 0 Å². The predicted octanol–water partition coefficient (Wildman–Crippen LogP) is 3.13. The summed E-state index contributed by atoms with van der Waals surface area (Å²) in [5.41, 5.74) is 0.328. The minimum atomic E-state index is 0.328. The van der Waals surface area contributed by atoms with Crippen molar-refractivity contribution >= 4 is 0 Å². The van der Waals surface area contributed by atoms with E-state index in [1.807, 2.05) is 0 Å². The van der Waals surface area contributed by atoms with Gasteiger partial charge in [-0.3, -0.25) is 4.90 Å². The second kappa shape index (κ2) is 5.50. The van der Waals surface area contributed by atoms with Gasteiger partial charge in [-0.15, -0.1) is 0 Å². The fraction of sp³-hybridized carbons (Fsp3) is 1.00. The maximum Gasteiger partial charge on any atom is 0.0278 e. The molecule has 2 rings (SSSR count). The number of hydrogen-bond acceptors (Lipinski definition) is 2. The van der Waals surface area contributed by atoms with Crippen molar-refractivity contribution in [3.05, 3.63) is 0 Å². The number of nitrogens with one attached hydrogen (secondary N) is 1. The van der Waals surface area contributed by atoms with E-state index in [2.05, 4.69) is 44.8 Å². The van der Waals surface area contributed by atoms with Crippen LogP contribution in [-0.4, -0.2) is 36.1 Å². The van der Waals surface area contributed by atoms with Crippen LogP contribution >= 0.6 is 0 Å². The van der Waals surface area contributed by atoms with Gasteiger partial charge in [0.05, 0.1) is 0 Å². The summed E-state index contributed by atoms with van der Waals surface area (Å²) in [5.74, 6) is 2.68. The Bertz CT molecular complexity index is 272. The maximum atomic E-state index is 3.78. The Balaban J connectivity index is 1.99. The lowest BCUT2D eigenvalue weighted by atomic mass is 9.89. The predicted molar refractivity (Wildman–Crippen MR) is 78.8 cm³/mol. The van der Waals surface area contributed by atoms with E-state index in [9.17, 15) is 0 Å². The highest BCUT2D eigenvalue weighted by molar-refractivity contribution is 4.96. The van der Waals surface area contributed by atoms with Crippen LogP contribution in [0.2, 0.25) is 0 Å². The minimum Gasteiger partial charge on any atom is -0.309 e. The van der Waals surface area contributed by atoms with Crippen molar-refractivity contribution in [2.45, 2.75) is 65.5 Å². The Labute approximate surface area is 114 Å². The zero-order chi connectivity index (χ0) is 13.3. The van der Waals surface area contributed by atoms with E-state index in [1.165, 1.54) is 38.9 Å². The van der Waals surface area contributed by atoms with Gasteiger partial charge >= 0.3 is 0 Å². The molecule has 0 aromatic carbocycles. The van der Waals surface area contributed by atoms with Gasteiger partial charge in [0.1, 0.15) is 0 Å². The average molecular weight is 252 g/mol. The molecule has 2 fully saturated rings. The summed E-state index contributed by atoms with van der Waals surface area (Å²) in [7, 11) is 0. The number of piperazine rings is 1. The summed E-state index contributed by atoms with van der Waals surface area (Å²) in [5, 5.41) is 3.78. The largest absolute Gasteiger partial charge is 0.309 e. The van der Waals surface area contributed by atoms with Crippen LogP contribution < -0.4 is 5.32 Å². The topological polar surface area (TPSA) is 15.3 Å². The Morgan fingerprint density at radius 1 is 1.28 bits per heavy atom. The van der Waals surface area contributed by atoms with Crippen LogP contribution in [0.25, 0.3) is 0 Å². The fourth-order valence-electron chi connectivity index (χ4n) is 3.38. The highest BCUT2D eigenvalue weighted by Crippen LogP contribution is 2.37. The second-order valence-electron chi connectivity index (χ2n) is 7.35. The summed E-state index contributed by atoms with van der Waals surface area (Å²) in [6.45, 7) is 15.6. The van der Waals surface area contributed by atoms with E-state index in [4.69, 9.17) is 0 Å². The molecule has 2 heteroatoms. The van der Waals surface area contributed by atoms with Gasteiger partial charge in [0.25, 0.3) is 0 Å². The lowest BCUT2D eigenvalue weighted by molar-refractivity contribution is 0.0466. The molecule has 0 radical (unpaired) electrons. The quantitative estimate of drug-likeness (QED) is 0.809. The van der Waals surface area contributed by atoms with Crippen molar-refractivity contribution in [2.75, 3.05) is 19.6 Å². The van der Waals surface area contributed by atoms with Gasteiger partial charge in [-0.05, 0) is 43.9 Å². The van der Waals surface area contributed by atoms with Crippen molar-refractivity contribution < 1.29 is 0 Å². The zero-order valence-electron chi connectivity index (χ0n) is 13.0. The smallest absolute Gasteiger partial charge is 0.0278 e. The Morgan fingerprint density at radius 3 is 2.44 bits per heavy atom. The first-order valence-electron chi connectivity index (χ1n) is 7.94. The van der Waals surface area contributed by atoms with E-state index >= 15 is 0 Å². The standard InChI is InChI=1S/C16H32N2/c1-6-16(5)11-18(10-13(4)14-7-8-14)15(9-17-16)12(2)3/h12-15,17H,6-11H2,1-5H3. The van der Waals surface area contributed by atoms with Gasteiger partial charge in [0, 0.05) is 31.2 Å². The van der Waals surface area contributed by atoms with Crippen molar-refractivity contribution in [3.8, 4) is 0 Å². The average Bonchev–Trinajstić information content (AvgIpc) is 3.12. The molecule has 0 spiro atoms. The molecule has 1 N–H and O–H groups in total. The fourth-order valence-corrected chi connectivity index (χ4v) is 3.38. The Hall–Kier alpha value is -0.0800. The van der Waals surface area contributed by atoms with E-state index in [1.54, 1.807) is 0 Å². The van der Waals surface area contributed by atoms with Gasteiger partial charge in [0.15, 0.2) is 0 Å². The number of hydrogen-bond donors (Lipinski definition) is 1. The maximum absolute atomic E-state index is 3.78. The van der Waals surface area contributed by atoms with Crippen LogP contribution in [0, 0.1) is 17.8 Å². The molecule has 18 heavy (non-hydrogen) atoms. The molecular formula is C16H32N2. The molecular weight excluding hydrogens is 220 g/mol. The van der Waals surface area contributed by atoms with E-state index in [-0.39, 0.29) is 0 Å². The van der Waals surface area contributed by atoms with Gasteiger partial charge in [-0.1, -0.05) is 27.7 Å². The molecule has 0 aromatic heterocycles. The van der Waals surface area contributed by atoms with Crippen molar-refractivity contribution in [2.24, 2.45) is 17.8 Å². The minimum absolute atomic E-state index is 0.328. The lowest BCUT2D eigenvalue weighted by Gasteiger charge is -2.48. The molecule has 0 amide bonds. The molecule has 1 aliphatic heterocycles. The molecule has 1 heterocycles. The van der Waals surface area contributed by atoms with Gasteiger partial charge in [0.2, 0.25) is 0 Å². The van der Waals surface area contributed by atoms with E-state index < -0.39 is 0 Å². The third kappa shape index (κ3) is 3.27. The molecule has 106 valence electrons. The number of rotatable bonds is 5. The van der Waals surface area contributed by atoms with Crippen molar-refractivity contribution in [1.29, 1.82) is 0 Å². The van der Waals surface area contributed by atoms with Gasteiger partial charge in [-0.25, -0.2) is 0 Å². The summed E-state index contributed by atoms with van der Waals surface area (Å²) in [4.78, 5) is 2.79. The van der Waals surface area contributed by atoms with Crippen LogP contribution in [0.4, 0.5) is 0 Å². The van der Waals surface area contributed by atoms with Gasteiger partial charge < -0.3 is 5.32 Å². The van der Waals surface area contributed by atoms with Crippen LogP contribution in [0.1, 0.15) is 53.9 Å². The second-order valence-corrected chi connectivity index (χ2v) is 7.35. The molecule has 3 atom stereocenters. The summed E-state index contributed by atoms with van der Waals surface area (Å²) < 4.78 is 0. The first-order valence-corrected chi connectivity index (χ1v) is 7.94. The lowest BCUT2D eigenvalue weighted by Crippen LogP contribution is -2.64. The normalized spacial score (nSPS) is 36.0. The van der Waals surface area contributed by atoms with Crippen LogP contribution in [0.5, 0.6) is 0 Å². The third-order valence-electron chi connectivity index (χ3n) is 5.26. The van der Waals surface area contributed by atoms with Crippen molar-refractivity contribution in [3.63, 3.8) is 0 Å². The monoisotopic (exact) mass is 252 g/mol. The van der Waals surface area contributed by atoms with E-state index in [0.717, 1.165) is 23.8 Å². The highest BCUT2D eigenvalue weighted by atomic mass is 15.3. The van der Waals surface area contributed by atoms with Crippen LogP contribution in [0.15, 0.2) is 0 Å². The molecule has 0 bridgehead atoms. The molecule has 1 saturated carbocycles. The first-order chi connectivity index (χ1) is 8.45. The molecule has 1 saturated heterocycles. The SMILES string of the molecule is CCC1(C)CN(CC(C)C2CC2)C(C(C)C)CN1. The number of nitrogens with zero attached hydrogens (tertiary/aromatic N) is 1. The zero-order valence-corrected chi connectivity index (χ0v) is 13.0. The third-order valence-corrected chi connectivity index (χ3v) is 5.26. The van der Waals surface area contributed by atoms with E-state index in [0.29, 0.717) is 5.54 Å². The molecule has 0 aromatic rings. The van der Waals surface area contributed by atoms with Crippen molar-refractivity contribution in [1.82, 2.24) is 10.2 Å². The van der Waals surface area contributed by atoms with Gasteiger partial charge in [-0.2, -0.15) is 0 Å². The Kier molecular flexibility index (Phi) is 4.38. The highest BCUT2D eigenvalue weighted by Gasteiger charge is 2.38. The van der Waals surface area contributed by atoms with Crippen LogP contribution in [0.3, 0.4) is 0 Å². The summed E-state index contributed by atoms with van der Waals surface area (Å²) >= 11 is 0. The molecule has 1 aliphatic carbocycles. The molecule has 2 nitrogen and oxygen atoms in total. The summed E-state index contributed by atoms with van der Waals surface area (Å²) in [6, 6.07) is 0.728. The first kappa shape index (κ1) is 14.3.